The molecule has 0 bridgehead atoms. The van der Waals surface area contributed by atoms with E-state index in [0.717, 1.165) is 0 Å². The molecule has 0 aliphatic rings. The molecule has 0 aromatic heterocycles. The number of Topliss-reactive ketones (excluding diaryl/α,β-unsaturated/α-hetero) is 1. The molecule has 0 spiro atoms. The summed E-state index contributed by atoms with van der Waals surface area (Å²) < 4.78 is 0. The number of nitrogens with zero attached hydrogens (tertiary/aromatic N) is 1. The van der Waals surface area contributed by atoms with Crippen molar-refractivity contribution >= 4 is 5.78 Å². The van der Waals surface area contributed by atoms with Gasteiger partial charge in [0.15, 0.2) is 5.78 Å². The Morgan fingerprint density at radius 2 is 1.32 bits per heavy atom. The van der Waals surface area contributed by atoms with Gasteiger partial charge in [0, 0.05) is 19.5 Å². The molecule has 0 saturated heterocycles. The van der Waals surface area contributed by atoms with E-state index in [1.807, 2.05) is 57.2 Å². The number of rotatable bonds is 9. The van der Waals surface area contributed by atoms with Crippen LogP contribution in [0.2, 0.25) is 0 Å². The zero-order valence-corrected chi connectivity index (χ0v) is 17.9. The third-order valence-corrected chi connectivity index (χ3v) is 5.21. The van der Waals surface area contributed by atoms with Crippen LogP contribution in [0, 0.1) is 11.3 Å². The number of aliphatic hydroxyl groups is 1. The lowest BCUT2D eigenvalue weighted by molar-refractivity contribution is -0.130. The van der Waals surface area contributed by atoms with E-state index in [9.17, 15) is 9.90 Å². The molecule has 2 rings (SSSR count). The molecular weight excluding hydrogens is 346 g/mol. The highest BCUT2D eigenvalue weighted by Gasteiger charge is 2.33. The van der Waals surface area contributed by atoms with Gasteiger partial charge in [-0.15, -0.1) is 0 Å². The summed E-state index contributed by atoms with van der Waals surface area (Å²) in [6.45, 7) is 11.5. The summed E-state index contributed by atoms with van der Waals surface area (Å²) in [6.07, 6.45) is -0.455. The summed E-state index contributed by atoms with van der Waals surface area (Å²) in [4.78, 5) is 15.5. The van der Waals surface area contributed by atoms with E-state index < -0.39 is 6.10 Å². The van der Waals surface area contributed by atoms with Gasteiger partial charge in [-0.25, -0.2) is 0 Å². The number of ketones is 1. The highest BCUT2D eigenvalue weighted by Crippen LogP contribution is 2.26. The van der Waals surface area contributed by atoms with Gasteiger partial charge >= 0.3 is 0 Å². The van der Waals surface area contributed by atoms with Crippen LogP contribution in [0.1, 0.15) is 52.2 Å². The van der Waals surface area contributed by atoms with Gasteiger partial charge in [0.1, 0.15) is 0 Å². The fourth-order valence-electron chi connectivity index (χ4n) is 3.50. The SMILES string of the molecule is CC(C)[C@@H](C(=O)C[C@@H](O)C(C)(C)C)N(Cc1ccccc1)Cc1ccccc1. The van der Waals surface area contributed by atoms with Crippen molar-refractivity contribution in [2.45, 2.75) is 66.3 Å². The van der Waals surface area contributed by atoms with Gasteiger partial charge in [-0.3, -0.25) is 9.69 Å². The van der Waals surface area contributed by atoms with Gasteiger partial charge in [0.05, 0.1) is 12.1 Å². The Morgan fingerprint density at radius 1 is 0.893 bits per heavy atom. The Hall–Kier alpha value is -1.97. The molecule has 0 saturated carbocycles. The van der Waals surface area contributed by atoms with Crippen LogP contribution in [-0.2, 0) is 17.9 Å². The summed E-state index contributed by atoms with van der Waals surface area (Å²) in [5.74, 6) is 0.274. The zero-order chi connectivity index (χ0) is 20.7. The van der Waals surface area contributed by atoms with Crippen LogP contribution in [0.5, 0.6) is 0 Å². The lowest BCUT2D eigenvalue weighted by Gasteiger charge is -2.35. The molecule has 2 atom stereocenters. The van der Waals surface area contributed by atoms with Crippen LogP contribution < -0.4 is 0 Å². The third-order valence-electron chi connectivity index (χ3n) is 5.21. The standard InChI is InChI=1S/C25H35NO2/c1-19(2)24(22(27)16-23(28)25(3,4)5)26(17-20-12-8-6-9-13-20)18-21-14-10-7-11-15-21/h6-15,19,23-24,28H,16-18H2,1-5H3/t23-,24+/m1/s1. The van der Waals surface area contributed by atoms with Crippen LogP contribution >= 0.6 is 0 Å². The molecule has 28 heavy (non-hydrogen) atoms. The van der Waals surface area contributed by atoms with E-state index in [-0.39, 0.29) is 29.6 Å². The summed E-state index contributed by atoms with van der Waals surface area (Å²) >= 11 is 0. The normalized spacial score (nSPS) is 14.3. The average molecular weight is 382 g/mol. The first kappa shape index (κ1) is 22.3. The monoisotopic (exact) mass is 381 g/mol. The van der Waals surface area contributed by atoms with Crippen molar-refractivity contribution in [3.05, 3.63) is 71.8 Å². The molecule has 0 amide bonds. The van der Waals surface area contributed by atoms with Crippen molar-refractivity contribution in [3.63, 3.8) is 0 Å². The van der Waals surface area contributed by atoms with Crippen LogP contribution in [-0.4, -0.2) is 27.9 Å². The summed E-state index contributed by atoms with van der Waals surface area (Å²) in [6, 6.07) is 20.3. The van der Waals surface area contributed by atoms with E-state index in [4.69, 9.17) is 0 Å². The minimum absolute atomic E-state index is 0.115. The Morgan fingerprint density at radius 3 is 1.68 bits per heavy atom. The van der Waals surface area contributed by atoms with Crippen molar-refractivity contribution in [1.29, 1.82) is 0 Å². The summed E-state index contributed by atoms with van der Waals surface area (Å²) in [7, 11) is 0. The predicted molar refractivity (Wildman–Crippen MR) is 116 cm³/mol. The second-order valence-corrected chi connectivity index (χ2v) is 9.12. The molecule has 0 fully saturated rings. The Balaban J connectivity index is 2.28. The van der Waals surface area contributed by atoms with Crippen molar-refractivity contribution < 1.29 is 9.90 Å². The molecule has 0 aliphatic carbocycles. The Kier molecular flexibility index (Phi) is 7.97. The van der Waals surface area contributed by atoms with Crippen molar-refractivity contribution in [3.8, 4) is 0 Å². The van der Waals surface area contributed by atoms with Gasteiger partial charge in [-0.05, 0) is 22.5 Å². The molecule has 152 valence electrons. The van der Waals surface area contributed by atoms with E-state index in [2.05, 4.69) is 43.0 Å². The predicted octanol–water partition coefficient (Wildman–Crippen LogP) is 5.08. The molecule has 2 aromatic carbocycles. The number of aliphatic hydroxyl groups excluding tert-OH is 1. The van der Waals surface area contributed by atoms with Crippen LogP contribution in [0.4, 0.5) is 0 Å². The zero-order valence-electron chi connectivity index (χ0n) is 17.9. The maximum Gasteiger partial charge on any atom is 0.152 e. The number of carbonyl (C=O) groups excluding carboxylic acids is 1. The molecule has 0 unspecified atom stereocenters. The van der Waals surface area contributed by atoms with E-state index in [1.165, 1.54) is 11.1 Å². The largest absolute Gasteiger partial charge is 0.392 e. The van der Waals surface area contributed by atoms with Crippen molar-refractivity contribution in [1.82, 2.24) is 4.90 Å². The highest BCUT2D eigenvalue weighted by molar-refractivity contribution is 5.84. The van der Waals surface area contributed by atoms with E-state index in [1.54, 1.807) is 0 Å². The smallest absolute Gasteiger partial charge is 0.152 e. The molecular formula is C25H35NO2. The minimum atomic E-state index is -0.642. The first-order valence-corrected chi connectivity index (χ1v) is 10.2. The number of hydrogen-bond acceptors (Lipinski definition) is 3. The summed E-state index contributed by atoms with van der Waals surface area (Å²) in [5, 5.41) is 10.5. The Bertz CT molecular complexity index is 678. The van der Waals surface area contributed by atoms with Gasteiger partial charge < -0.3 is 5.11 Å². The van der Waals surface area contributed by atoms with Gasteiger partial charge in [0.2, 0.25) is 0 Å². The maximum atomic E-state index is 13.3. The second kappa shape index (κ2) is 9.99. The highest BCUT2D eigenvalue weighted by atomic mass is 16.3. The first-order valence-electron chi connectivity index (χ1n) is 10.2. The molecule has 3 nitrogen and oxygen atoms in total. The van der Waals surface area contributed by atoms with Crippen LogP contribution in [0.15, 0.2) is 60.7 Å². The Labute approximate surface area is 170 Å². The van der Waals surface area contributed by atoms with E-state index in [0.29, 0.717) is 13.1 Å². The number of hydrogen-bond donors (Lipinski definition) is 1. The van der Waals surface area contributed by atoms with Crippen molar-refractivity contribution in [2.75, 3.05) is 0 Å². The lowest BCUT2D eigenvalue weighted by atomic mass is 9.83. The van der Waals surface area contributed by atoms with Crippen LogP contribution in [0.25, 0.3) is 0 Å². The van der Waals surface area contributed by atoms with Crippen LogP contribution in [0.3, 0.4) is 0 Å². The summed E-state index contributed by atoms with van der Waals surface area (Å²) in [5.41, 5.74) is 2.07. The van der Waals surface area contributed by atoms with Crippen molar-refractivity contribution in [2.24, 2.45) is 11.3 Å². The third kappa shape index (κ3) is 6.57. The molecule has 2 aromatic rings. The lowest BCUT2D eigenvalue weighted by Crippen LogP contribution is -2.46. The van der Waals surface area contributed by atoms with E-state index >= 15 is 0 Å². The molecule has 0 radical (unpaired) electrons. The first-order chi connectivity index (χ1) is 13.2. The number of carbonyl (C=O) groups is 1. The quantitative estimate of drug-likeness (QED) is 0.658. The maximum absolute atomic E-state index is 13.3. The van der Waals surface area contributed by atoms with Gasteiger partial charge in [0.25, 0.3) is 0 Å². The second-order valence-electron chi connectivity index (χ2n) is 9.12. The number of benzene rings is 2. The molecule has 3 heteroatoms. The fourth-order valence-corrected chi connectivity index (χ4v) is 3.50. The molecule has 0 aliphatic heterocycles. The minimum Gasteiger partial charge on any atom is -0.392 e. The topological polar surface area (TPSA) is 40.5 Å². The van der Waals surface area contributed by atoms with Gasteiger partial charge in [-0.1, -0.05) is 95.3 Å². The molecule has 0 heterocycles. The molecule has 1 N–H and O–H groups in total. The average Bonchev–Trinajstić information content (AvgIpc) is 2.62. The van der Waals surface area contributed by atoms with Gasteiger partial charge in [-0.2, -0.15) is 0 Å². The fraction of sp³-hybridized carbons (Fsp3) is 0.480.